The number of phenols is 1. The summed E-state index contributed by atoms with van der Waals surface area (Å²) in [5, 5.41) is 13.6. The summed E-state index contributed by atoms with van der Waals surface area (Å²) >= 11 is 0. The fourth-order valence-corrected chi connectivity index (χ4v) is 2.69. The van der Waals surface area contributed by atoms with Gasteiger partial charge in [0, 0.05) is 12.0 Å². The Hall–Kier alpha value is -1.71. The Morgan fingerprint density at radius 3 is 2.27 bits per heavy atom. The van der Waals surface area contributed by atoms with Crippen molar-refractivity contribution < 1.29 is 14.6 Å². The maximum absolute atomic E-state index is 11.5. The van der Waals surface area contributed by atoms with Crippen molar-refractivity contribution in [3.05, 3.63) is 28.8 Å². The minimum atomic E-state index is -0.422. The first-order valence-corrected chi connectivity index (χ1v) is 7.81. The van der Waals surface area contributed by atoms with Gasteiger partial charge in [0.15, 0.2) is 0 Å². The summed E-state index contributed by atoms with van der Waals surface area (Å²) in [5.74, 6) is 0.285. The molecular formula is C18H27NO3. The molecule has 1 aliphatic heterocycles. The average Bonchev–Trinajstić information content (AvgIpc) is 2.36. The average molecular weight is 305 g/mol. The van der Waals surface area contributed by atoms with Crippen LogP contribution >= 0.6 is 0 Å². The molecule has 122 valence electrons. The van der Waals surface area contributed by atoms with Crippen molar-refractivity contribution >= 4 is 6.09 Å². The number of hydrogen-bond acceptors (Lipinski definition) is 3. The third kappa shape index (κ3) is 3.37. The number of carbonyl (C=O) groups excluding carboxylic acids is 1. The third-order valence-corrected chi connectivity index (χ3v) is 4.12. The van der Waals surface area contributed by atoms with Crippen molar-refractivity contribution in [3.63, 3.8) is 0 Å². The van der Waals surface area contributed by atoms with Crippen molar-refractivity contribution in [1.29, 1.82) is 0 Å². The number of carbonyl (C=O) groups is 1. The van der Waals surface area contributed by atoms with E-state index >= 15 is 0 Å². The van der Waals surface area contributed by atoms with Crippen molar-refractivity contribution in [2.45, 2.75) is 64.8 Å². The highest BCUT2D eigenvalue weighted by atomic mass is 16.5. The Morgan fingerprint density at radius 1 is 1.14 bits per heavy atom. The van der Waals surface area contributed by atoms with E-state index in [4.69, 9.17) is 4.74 Å². The first-order chi connectivity index (χ1) is 10.00. The van der Waals surface area contributed by atoms with Gasteiger partial charge < -0.3 is 15.2 Å². The molecule has 2 rings (SSSR count). The summed E-state index contributed by atoms with van der Waals surface area (Å²) in [4.78, 5) is 11.5. The van der Waals surface area contributed by atoms with Crippen LogP contribution in [0.2, 0.25) is 0 Å². The van der Waals surface area contributed by atoms with Gasteiger partial charge in [-0.2, -0.15) is 0 Å². The molecule has 1 atom stereocenters. The number of nitrogens with one attached hydrogen (secondary N) is 1. The number of rotatable bonds is 1. The van der Waals surface area contributed by atoms with Crippen LogP contribution in [0.15, 0.2) is 12.1 Å². The summed E-state index contributed by atoms with van der Waals surface area (Å²) in [7, 11) is 0. The first-order valence-electron chi connectivity index (χ1n) is 7.81. The molecule has 1 aliphatic rings. The molecule has 0 aromatic heterocycles. The topological polar surface area (TPSA) is 58.6 Å². The molecule has 22 heavy (non-hydrogen) atoms. The molecule has 0 bridgehead atoms. The van der Waals surface area contributed by atoms with E-state index in [0.717, 1.165) is 16.7 Å². The zero-order valence-corrected chi connectivity index (χ0v) is 14.4. The SMILES string of the molecule is CC(C)(C)c1cc([C@H]2CCOC(=O)N2)c(O)c(C(C)(C)C)c1. The molecule has 1 aromatic rings. The maximum atomic E-state index is 11.5. The van der Waals surface area contributed by atoms with E-state index in [2.05, 4.69) is 52.9 Å². The van der Waals surface area contributed by atoms with Crippen LogP contribution in [0.3, 0.4) is 0 Å². The Morgan fingerprint density at radius 2 is 1.77 bits per heavy atom. The molecular weight excluding hydrogens is 278 g/mol. The van der Waals surface area contributed by atoms with Gasteiger partial charge in [0.25, 0.3) is 0 Å². The summed E-state index contributed by atoms with van der Waals surface area (Å²) < 4.78 is 4.93. The highest BCUT2D eigenvalue weighted by Crippen LogP contribution is 2.40. The number of benzene rings is 1. The maximum Gasteiger partial charge on any atom is 0.407 e. The van der Waals surface area contributed by atoms with Crippen molar-refractivity contribution in [3.8, 4) is 5.75 Å². The molecule has 0 unspecified atom stereocenters. The lowest BCUT2D eigenvalue weighted by Crippen LogP contribution is -2.35. The lowest BCUT2D eigenvalue weighted by Gasteiger charge is -2.31. The van der Waals surface area contributed by atoms with Crippen molar-refractivity contribution in [1.82, 2.24) is 5.32 Å². The van der Waals surface area contributed by atoms with Crippen LogP contribution in [0.1, 0.15) is 70.7 Å². The molecule has 4 heteroatoms. The zero-order chi connectivity index (χ0) is 16.7. The molecule has 0 saturated carbocycles. The van der Waals surface area contributed by atoms with Gasteiger partial charge >= 0.3 is 6.09 Å². The largest absolute Gasteiger partial charge is 0.507 e. The van der Waals surface area contributed by atoms with Gasteiger partial charge in [-0.05, 0) is 28.0 Å². The van der Waals surface area contributed by atoms with Gasteiger partial charge in [-0.1, -0.05) is 47.6 Å². The zero-order valence-electron chi connectivity index (χ0n) is 14.4. The van der Waals surface area contributed by atoms with Gasteiger partial charge in [-0.3, -0.25) is 0 Å². The molecule has 1 saturated heterocycles. The predicted octanol–water partition coefficient (Wildman–Crippen LogP) is 4.16. The minimum Gasteiger partial charge on any atom is -0.507 e. The van der Waals surface area contributed by atoms with E-state index < -0.39 is 6.09 Å². The number of alkyl carbamates (subject to hydrolysis) is 1. The first kappa shape index (κ1) is 16.7. The van der Waals surface area contributed by atoms with E-state index in [9.17, 15) is 9.90 Å². The van der Waals surface area contributed by atoms with Crippen LogP contribution in [0.4, 0.5) is 4.79 Å². The molecule has 0 radical (unpaired) electrons. The van der Waals surface area contributed by atoms with Crippen molar-refractivity contribution in [2.24, 2.45) is 0 Å². The molecule has 4 nitrogen and oxygen atoms in total. The summed E-state index contributed by atoms with van der Waals surface area (Å²) in [6.45, 7) is 13.1. The van der Waals surface area contributed by atoms with Gasteiger partial charge in [0.2, 0.25) is 0 Å². The highest BCUT2D eigenvalue weighted by Gasteiger charge is 2.30. The lowest BCUT2D eigenvalue weighted by molar-refractivity contribution is 0.115. The standard InChI is InChI=1S/C18H27NO3/c1-17(2,3)11-9-12(14-7-8-22-16(21)19-14)15(20)13(10-11)18(4,5)6/h9-10,14,20H,7-8H2,1-6H3,(H,19,21)/t14-/m1/s1. The predicted molar refractivity (Wildman–Crippen MR) is 87.3 cm³/mol. The molecule has 2 N–H and O–H groups in total. The quantitative estimate of drug-likeness (QED) is 0.819. The van der Waals surface area contributed by atoms with E-state index in [0.29, 0.717) is 13.0 Å². The Kier molecular flexibility index (Phi) is 4.16. The highest BCUT2D eigenvalue weighted by molar-refractivity contribution is 5.69. The summed E-state index contributed by atoms with van der Waals surface area (Å²) in [6, 6.07) is 3.89. The minimum absolute atomic E-state index is 0.0301. The summed E-state index contributed by atoms with van der Waals surface area (Å²) in [5.41, 5.74) is 2.66. The molecule has 1 amide bonds. The second-order valence-electron chi connectivity index (χ2n) is 8.08. The van der Waals surface area contributed by atoms with Gasteiger partial charge in [0.1, 0.15) is 5.75 Å². The summed E-state index contributed by atoms with van der Waals surface area (Å²) in [6.07, 6.45) is 0.241. The Labute approximate surface area is 132 Å². The monoisotopic (exact) mass is 305 g/mol. The van der Waals surface area contributed by atoms with Crippen LogP contribution < -0.4 is 5.32 Å². The smallest absolute Gasteiger partial charge is 0.407 e. The molecule has 0 aliphatic carbocycles. The Balaban J connectivity index is 2.59. The third-order valence-electron chi connectivity index (χ3n) is 4.12. The van der Waals surface area contributed by atoms with Gasteiger partial charge in [0.05, 0.1) is 12.6 Å². The number of ether oxygens (including phenoxy) is 1. The van der Waals surface area contributed by atoms with Crippen LogP contribution in [-0.4, -0.2) is 17.8 Å². The molecule has 1 aromatic carbocycles. The fraction of sp³-hybridized carbons (Fsp3) is 0.611. The number of phenolic OH excluding ortho intramolecular Hbond substituents is 1. The van der Waals surface area contributed by atoms with E-state index in [1.165, 1.54) is 0 Å². The molecule has 1 fully saturated rings. The Bertz CT molecular complexity index is 579. The second kappa shape index (κ2) is 5.49. The van der Waals surface area contributed by atoms with E-state index in [-0.39, 0.29) is 22.6 Å². The molecule has 1 heterocycles. The van der Waals surface area contributed by atoms with E-state index in [1.54, 1.807) is 0 Å². The van der Waals surface area contributed by atoms with Gasteiger partial charge in [-0.25, -0.2) is 4.79 Å². The fourth-order valence-electron chi connectivity index (χ4n) is 2.69. The van der Waals surface area contributed by atoms with Crippen LogP contribution in [0.25, 0.3) is 0 Å². The van der Waals surface area contributed by atoms with Gasteiger partial charge in [-0.15, -0.1) is 0 Å². The van der Waals surface area contributed by atoms with Crippen molar-refractivity contribution in [2.75, 3.05) is 6.61 Å². The van der Waals surface area contributed by atoms with Crippen LogP contribution in [-0.2, 0) is 15.6 Å². The number of aromatic hydroxyl groups is 1. The van der Waals surface area contributed by atoms with E-state index in [1.807, 2.05) is 6.07 Å². The number of hydrogen-bond donors (Lipinski definition) is 2. The second-order valence-corrected chi connectivity index (χ2v) is 8.08. The normalized spacial score (nSPS) is 19.5. The molecule has 0 spiro atoms. The number of cyclic esters (lactones) is 1. The number of amides is 1. The van der Waals surface area contributed by atoms with Crippen LogP contribution in [0.5, 0.6) is 5.75 Å². The van der Waals surface area contributed by atoms with Crippen LogP contribution in [0, 0.1) is 0 Å². The lowest BCUT2D eigenvalue weighted by atomic mass is 9.78.